The highest BCUT2D eigenvalue weighted by molar-refractivity contribution is 5.89. The summed E-state index contributed by atoms with van der Waals surface area (Å²) in [6.07, 6.45) is 0.753. The van der Waals surface area contributed by atoms with Crippen molar-refractivity contribution in [1.29, 1.82) is 0 Å². The van der Waals surface area contributed by atoms with Gasteiger partial charge in [0, 0.05) is 12.2 Å². The minimum Gasteiger partial charge on any atom is -0.494 e. The van der Waals surface area contributed by atoms with Gasteiger partial charge in [0.05, 0.1) is 6.61 Å². The predicted molar refractivity (Wildman–Crippen MR) is 98.7 cm³/mol. The van der Waals surface area contributed by atoms with Crippen LogP contribution in [-0.4, -0.2) is 19.2 Å². The first-order valence-electron chi connectivity index (χ1n) is 8.28. The van der Waals surface area contributed by atoms with Crippen molar-refractivity contribution >= 4 is 11.7 Å². The number of carbonyl (C=O) groups is 1. The van der Waals surface area contributed by atoms with E-state index in [0.29, 0.717) is 13.2 Å². The highest BCUT2D eigenvalue weighted by Crippen LogP contribution is 2.24. The second kappa shape index (κ2) is 8.39. The molecule has 4 nitrogen and oxygen atoms in total. The third-order valence-corrected chi connectivity index (χ3v) is 3.63. The average Bonchev–Trinajstić information content (AvgIpc) is 2.55. The zero-order valence-corrected chi connectivity index (χ0v) is 14.6. The van der Waals surface area contributed by atoms with Crippen LogP contribution in [0.5, 0.6) is 5.75 Å². The van der Waals surface area contributed by atoms with Crippen LogP contribution < -0.4 is 15.4 Å². The standard InChI is InChI=1S/C20H26N2O2/c1-20(2,3)16-10-12-18(13-11-16)24-15-7-14-21-19(23)22-17-8-5-4-6-9-17/h4-6,8-13H,7,14-15H2,1-3H3,(H2,21,22,23). The number of hydrogen-bond donors (Lipinski definition) is 2. The van der Waals surface area contributed by atoms with Gasteiger partial charge < -0.3 is 15.4 Å². The van der Waals surface area contributed by atoms with Gasteiger partial charge in [-0.1, -0.05) is 51.1 Å². The summed E-state index contributed by atoms with van der Waals surface area (Å²) in [6.45, 7) is 7.71. The van der Waals surface area contributed by atoms with Crippen LogP contribution in [0.25, 0.3) is 0 Å². The number of amides is 2. The van der Waals surface area contributed by atoms with Gasteiger partial charge in [-0.25, -0.2) is 4.79 Å². The van der Waals surface area contributed by atoms with Crippen LogP contribution in [0.15, 0.2) is 54.6 Å². The first-order valence-corrected chi connectivity index (χ1v) is 8.28. The highest BCUT2D eigenvalue weighted by atomic mass is 16.5. The summed E-state index contributed by atoms with van der Waals surface area (Å²) < 4.78 is 5.70. The van der Waals surface area contributed by atoms with Crippen LogP contribution in [0.3, 0.4) is 0 Å². The number of nitrogens with one attached hydrogen (secondary N) is 2. The van der Waals surface area contributed by atoms with Crippen molar-refractivity contribution in [2.45, 2.75) is 32.6 Å². The molecule has 2 N–H and O–H groups in total. The van der Waals surface area contributed by atoms with Gasteiger partial charge in [-0.15, -0.1) is 0 Å². The molecule has 0 fully saturated rings. The molecule has 0 aromatic heterocycles. The highest BCUT2D eigenvalue weighted by Gasteiger charge is 2.12. The minimum atomic E-state index is -0.198. The molecule has 0 heterocycles. The lowest BCUT2D eigenvalue weighted by molar-refractivity contribution is 0.250. The second-order valence-corrected chi connectivity index (χ2v) is 6.72. The molecule has 0 spiro atoms. The van der Waals surface area contributed by atoms with Gasteiger partial charge in [-0.05, 0) is 41.7 Å². The van der Waals surface area contributed by atoms with E-state index in [1.54, 1.807) is 0 Å². The fourth-order valence-electron chi connectivity index (χ4n) is 2.21. The number of urea groups is 1. The Bertz CT molecular complexity index is 631. The van der Waals surface area contributed by atoms with Crippen LogP contribution in [0, 0.1) is 0 Å². The number of rotatable bonds is 6. The van der Waals surface area contributed by atoms with Gasteiger partial charge in [-0.2, -0.15) is 0 Å². The molecule has 0 radical (unpaired) electrons. The molecule has 0 aliphatic carbocycles. The summed E-state index contributed by atoms with van der Waals surface area (Å²) >= 11 is 0. The summed E-state index contributed by atoms with van der Waals surface area (Å²) in [6, 6.07) is 17.4. The molecule has 0 aliphatic heterocycles. The van der Waals surface area contributed by atoms with E-state index in [-0.39, 0.29) is 11.4 Å². The Labute approximate surface area is 144 Å². The number of carbonyl (C=O) groups excluding carboxylic acids is 1. The maximum atomic E-state index is 11.7. The Balaban J connectivity index is 1.63. The molecule has 128 valence electrons. The van der Waals surface area contributed by atoms with Gasteiger partial charge in [-0.3, -0.25) is 0 Å². The van der Waals surface area contributed by atoms with Crippen molar-refractivity contribution in [2.24, 2.45) is 0 Å². The zero-order valence-electron chi connectivity index (χ0n) is 14.6. The zero-order chi connectivity index (χ0) is 17.4. The fraction of sp³-hybridized carbons (Fsp3) is 0.350. The molecule has 0 unspecified atom stereocenters. The summed E-state index contributed by atoms with van der Waals surface area (Å²) in [7, 11) is 0. The first kappa shape index (κ1) is 17.9. The molecular weight excluding hydrogens is 300 g/mol. The summed E-state index contributed by atoms with van der Waals surface area (Å²) in [5.74, 6) is 0.858. The Morgan fingerprint density at radius 3 is 2.29 bits per heavy atom. The Hall–Kier alpha value is -2.49. The molecule has 4 heteroatoms. The third kappa shape index (κ3) is 5.95. The average molecular weight is 326 g/mol. The molecule has 2 aromatic carbocycles. The van der Waals surface area contributed by atoms with E-state index in [1.807, 2.05) is 42.5 Å². The van der Waals surface area contributed by atoms with Crippen molar-refractivity contribution in [2.75, 3.05) is 18.5 Å². The quantitative estimate of drug-likeness (QED) is 0.764. The van der Waals surface area contributed by atoms with Gasteiger partial charge in [0.1, 0.15) is 5.75 Å². The maximum Gasteiger partial charge on any atom is 0.319 e. The van der Waals surface area contributed by atoms with Crippen LogP contribution in [-0.2, 0) is 5.41 Å². The number of benzene rings is 2. The Morgan fingerprint density at radius 1 is 1.00 bits per heavy atom. The third-order valence-electron chi connectivity index (χ3n) is 3.63. The molecule has 0 saturated carbocycles. The fourth-order valence-corrected chi connectivity index (χ4v) is 2.21. The van der Waals surface area contributed by atoms with Crippen LogP contribution in [0.2, 0.25) is 0 Å². The first-order chi connectivity index (χ1) is 11.4. The van der Waals surface area contributed by atoms with Gasteiger partial charge in [0.25, 0.3) is 0 Å². The monoisotopic (exact) mass is 326 g/mol. The normalized spacial score (nSPS) is 11.0. The lowest BCUT2D eigenvalue weighted by Gasteiger charge is -2.19. The Morgan fingerprint density at radius 2 is 1.67 bits per heavy atom. The van der Waals surface area contributed by atoms with E-state index in [2.05, 4.69) is 43.5 Å². The number of anilines is 1. The molecule has 2 amide bonds. The summed E-state index contributed by atoms with van der Waals surface area (Å²) in [5.41, 5.74) is 2.22. The van der Waals surface area contributed by atoms with Crippen molar-refractivity contribution in [3.05, 3.63) is 60.2 Å². The predicted octanol–water partition coefficient (Wildman–Crippen LogP) is 4.57. The lowest BCUT2D eigenvalue weighted by atomic mass is 9.87. The van der Waals surface area contributed by atoms with Gasteiger partial charge in [0.2, 0.25) is 0 Å². The van der Waals surface area contributed by atoms with Crippen molar-refractivity contribution in [3.63, 3.8) is 0 Å². The van der Waals surface area contributed by atoms with Crippen molar-refractivity contribution in [3.8, 4) is 5.75 Å². The Kier molecular flexibility index (Phi) is 6.24. The van der Waals surface area contributed by atoms with E-state index in [4.69, 9.17) is 4.74 Å². The topological polar surface area (TPSA) is 50.4 Å². The molecule has 0 aliphatic rings. The summed E-state index contributed by atoms with van der Waals surface area (Å²) in [5, 5.41) is 5.60. The minimum absolute atomic E-state index is 0.147. The van der Waals surface area contributed by atoms with E-state index in [1.165, 1.54) is 5.56 Å². The van der Waals surface area contributed by atoms with Crippen LogP contribution in [0.1, 0.15) is 32.8 Å². The number of para-hydroxylation sites is 1. The van der Waals surface area contributed by atoms with Gasteiger partial charge in [0.15, 0.2) is 0 Å². The van der Waals surface area contributed by atoms with E-state index in [0.717, 1.165) is 17.9 Å². The number of ether oxygens (including phenoxy) is 1. The largest absolute Gasteiger partial charge is 0.494 e. The van der Waals surface area contributed by atoms with Crippen molar-refractivity contribution < 1.29 is 9.53 Å². The SMILES string of the molecule is CC(C)(C)c1ccc(OCCCNC(=O)Nc2ccccc2)cc1. The smallest absolute Gasteiger partial charge is 0.319 e. The van der Waals surface area contributed by atoms with Gasteiger partial charge >= 0.3 is 6.03 Å². The van der Waals surface area contributed by atoms with Crippen LogP contribution in [0.4, 0.5) is 10.5 Å². The molecule has 0 saturated heterocycles. The van der Waals surface area contributed by atoms with Crippen LogP contribution >= 0.6 is 0 Å². The second-order valence-electron chi connectivity index (χ2n) is 6.72. The van der Waals surface area contributed by atoms with E-state index in [9.17, 15) is 4.79 Å². The maximum absolute atomic E-state index is 11.7. The molecule has 0 atom stereocenters. The molecule has 2 rings (SSSR count). The molecular formula is C20H26N2O2. The lowest BCUT2D eigenvalue weighted by Crippen LogP contribution is -2.30. The van der Waals surface area contributed by atoms with E-state index < -0.39 is 0 Å². The number of hydrogen-bond acceptors (Lipinski definition) is 2. The molecule has 2 aromatic rings. The molecule has 24 heavy (non-hydrogen) atoms. The summed E-state index contributed by atoms with van der Waals surface area (Å²) in [4.78, 5) is 11.7. The molecule has 0 bridgehead atoms. The van der Waals surface area contributed by atoms with Crippen molar-refractivity contribution in [1.82, 2.24) is 5.32 Å². The van der Waals surface area contributed by atoms with E-state index >= 15 is 0 Å².